The zero-order valence-electron chi connectivity index (χ0n) is 9.95. The van der Waals surface area contributed by atoms with Crippen molar-refractivity contribution in [1.29, 1.82) is 0 Å². The summed E-state index contributed by atoms with van der Waals surface area (Å²) in [6.07, 6.45) is 7.78. The van der Waals surface area contributed by atoms with Gasteiger partial charge in [-0.2, -0.15) is 0 Å². The first kappa shape index (κ1) is 19.9. The molecule has 96 valence electrons. The number of rotatable bonds is 10. The Bertz CT molecular complexity index is 205. The molecule has 0 rings (SSSR count). The fraction of sp³-hybridized carbons (Fsp3) is 0.833. The molecule has 0 aliphatic carbocycles. The van der Waals surface area contributed by atoms with Crippen LogP contribution in [0.2, 0.25) is 0 Å². The maximum atomic E-state index is 10.6. The monoisotopic (exact) mass is 270 g/mol. The number of unbranched alkanes of at least 4 members (excludes halogenated alkanes) is 6. The van der Waals surface area contributed by atoms with Crippen LogP contribution in [0.25, 0.3) is 0 Å². The van der Waals surface area contributed by atoms with Gasteiger partial charge >= 0.3 is 63.3 Å². The zero-order chi connectivity index (χ0) is 12.4. The molecule has 0 aliphatic heterocycles. The van der Waals surface area contributed by atoms with E-state index in [9.17, 15) is 9.59 Å². The van der Waals surface area contributed by atoms with Gasteiger partial charge in [-0.05, 0) is 6.42 Å². The number of hydrogen-bond acceptors (Lipinski definition) is 2. The summed E-state index contributed by atoms with van der Waals surface area (Å²) < 4.78 is 0. The van der Waals surface area contributed by atoms with Crippen molar-refractivity contribution in [3.05, 3.63) is 0 Å². The molecule has 2 N–H and O–H groups in total. The van der Waals surface area contributed by atoms with Crippen molar-refractivity contribution in [2.45, 2.75) is 58.3 Å². The molecule has 0 amide bonds. The Balaban J connectivity index is 0. The molecule has 0 unspecified atom stereocenters. The van der Waals surface area contributed by atoms with Gasteiger partial charge in [0.25, 0.3) is 0 Å². The van der Waals surface area contributed by atoms with Gasteiger partial charge < -0.3 is 10.2 Å². The Kier molecular flexibility index (Phi) is 15.2. The van der Waals surface area contributed by atoms with E-state index in [4.69, 9.17) is 10.2 Å². The first-order chi connectivity index (χ1) is 7.59. The van der Waals surface area contributed by atoms with Crippen molar-refractivity contribution in [2.75, 3.05) is 0 Å². The standard InChI is InChI=1S/C12H22O4.K.H/c1-2-3-4-5-6-7-8-9-10(11(13)14)12(15)16;;/h10H,2-9H2,1H3,(H,13,14)(H,15,16);;. The van der Waals surface area contributed by atoms with E-state index in [0.717, 1.165) is 12.8 Å². The summed E-state index contributed by atoms with van der Waals surface area (Å²) in [4.78, 5) is 21.1. The Morgan fingerprint density at radius 1 is 0.882 bits per heavy atom. The van der Waals surface area contributed by atoms with E-state index >= 15 is 0 Å². The second-order valence-electron chi connectivity index (χ2n) is 4.14. The van der Waals surface area contributed by atoms with E-state index in [1.165, 1.54) is 25.7 Å². The van der Waals surface area contributed by atoms with E-state index in [1.54, 1.807) is 0 Å². The molecule has 0 aromatic rings. The topological polar surface area (TPSA) is 74.6 Å². The molecular weight excluding hydrogens is 247 g/mol. The van der Waals surface area contributed by atoms with E-state index in [0.29, 0.717) is 6.42 Å². The van der Waals surface area contributed by atoms with Crippen LogP contribution in [0.1, 0.15) is 58.3 Å². The quantitative estimate of drug-likeness (QED) is 0.363. The number of carboxylic acids is 2. The van der Waals surface area contributed by atoms with Gasteiger partial charge in [-0.3, -0.25) is 9.59 Å². The van der Waals surface area contributed by atoms with Crippen LogP contribution < -0.4 is 0 Å². The Morgan fingerprint density at radius 2 is 1.29 bits per heavy atom. The summed E-state index contributed by atoms with van der Waals surface area (Å²) in [5.74, 6) is -3.67. The molecule has 0 spiro atoms. The number of hydrogen-bond donors (Lipinski definition) is 2. The third-order valence-corrected chi connectivity index (χ3v) is 2.69. The van der Waals surface area contributed by atoms with Gasteiger partial charge in [-0.1, -0.05) is 51.9 Å². The predicted molar refractivity (Wildman–Crippen MR) is 68.5 cm³/mol. The van der Waals surface area contributed by atoms with E-state index in [2.05, 4.69) is 6.92 Å². The molecule has 0 aromatic heterocycles. The molecule has 0 heterocycles. The number of carboxylic acid groups (broad SMARTS) is 2. The van der Waals surface area contributed by atoms with Crippen molar-refractivity contribution < 1.29 is 19.8 Å². The molecule has 0 fully saturated rings. The van der Waals surface area contributed by atoms with Gasteiger partial charge in [0.2, 0.25) is 0 Å². The van der Waals surface area contributed by atoms with Crippen LogP contribution in [-0.4, -0.2) is 73.5 Å². The first-order valence-corrected chi connectivity index (χ1v) is 6.05. The van der Waals surface area contributed by atoms with Crippen LogP contribution in [0, 0.1) is 5.92 Å². The average molecular weight is 270 g/mol. The number of carbonyl (C=O) groups is 2. The van der Waals surface area contributed by atoms with Gasteiger partial charge in [0.15, 0.2) is 5.92 Å². The summed E-state index contributed by atoms with van der Waals surface area (Å²) >= 11 is 0. The van der Waals surface area contributed by atoms with E-state index in [1.807, 2.05) is 0 Å². The zero-order valence-corrected chi connectivity index (χ0v) is 9.95. The molecule has 0 saturated carbocycles. The normalized spacial score (nSPS) is 10.0. The van der Waals surface area contributed by atoms with Crippen LogP contribution in [0.3, 0.4) is 0 Å². The van der Waals surface area contributed by atoms with Gasteiger partial charge in [0.05, 0.1) is 0 Å². The van der Waals surface area contributed by atoms with Gasteiger partial charge in [-0.15, -0.1) is 0 Å². The molecule has 0 saturated heterocycles. The summed E-state index contributed by atoms with van der Waals surface area (Å²) in [6, 6.07) is 0. The summed E-state index contributed by atoms with van der Waals surface area (Å²) in [7, 11) is 0. The van der Waals surface area contributed by atoms with E-state index in [-0.39, 0.29) is 57.8 Å². The molecule has 17 heavy (non-hydrogen) atoms. The van der Waals surface area contributed by atoms with Gasteiger partial charge in [-0.25, -0.2) is 0 Å². The van der Waals surface area contributed by atoms with Crippen LogP contribution in [0.15, 0.2) is 0 Å². The summed E-state index contributed by atoms with van der Waals surface area (Å²) in [6.45, 7) is 2.16. The molecule has 0 aliphatic rings. The van der Waals surface area contributed by atoms with Crippen molar-refractivity contribution >= 4 is 63.3 Å². The second kappa shape index (κ2) is 13.0. The molecule has 0 bridgehead atoms. The van der Waals surface area contributed by atoms with Crippen LogP contribution in [-0.2, 0) is 9.59 Å². The molecule has 4 nitrogen and oxygen atoms in total. The van der Waals surface area contributed by atoms with Crippen molar-refractivity contribution in [1.82, 2.24) is 0 Å². The molecule has 0 aromatic carbocycles. The average Bonchev–Trinajstić information content (AvgIpc) is 2.21. The van der Waals surface area contributed by atoms with Crippen molar-refractivity contribution in [3.8, 4) is 0 Å². The Hall–Kier alpha value is 0.576. The molecule has 0 radical (unpaired) electrons. The second-order valence-corrected chi connectivity index (χ2v) is 4.14. The number of aliphatic carboxylic acids is 2. The van der Waals surface area contributed by atoms with Crippen LogP contribution >= 0.6 is 0 Å². The molecule has 0 atom stereocenters. The molecular formula is C12H23KO4. The van der Waals surface area contributed by atoms with Gasteiger partial charge in [0, 0.05) is 0 Å². The Labute approximate surface area is 146 Å². The fourth-order valence-corrected chi connectivity index (χ4v) is 1.66. The van der Waals surface area contributed by atoms with Crippen LogP contribution in [0.4, 0.5) is 0 Å². The SMILES string of the molecule is CCCCCCCCCC(C(=O)O)C(=O)O.[KH]. The predicted octanol–water partition coefficient (Wildman–Crippen LogP) is 2.26. The van der Waals surface area contributed by atoms with Crippen molar-refractivity contribution in [2.24, 2.45) is 5.92 Å². The van der Waals surface area contributed by atoms with Crippen LogP contribution in [0.5, 0.6) is 0 Å². The Morgan fingerprint density at radius 3 is 1.71 bits per heavy atom. The fourth-order valence-electron chi connectivity index (χ4n) is 1.66. The minimum atomic E-state index is -1.23. The minimum absolute atomic E-state index is 0. The first-order valence-electron chi connectivity index (χ1n) is 6.05. The third kappa shape index (κ3) is 11.4. The van der Waals surface area contributed by atoms with Crippen molar-refractivity contribution in [3.63, 3.8) is 0 Å². The summed E-state index contributed by atoms with van der Waals surface area (Å²) in [5.41, 5.74) is 0. The summed E-state index contributed by atoms with van der Waals surface area (Å²) in [5, 5.41) is 17.3. The van der Waals surface area contributed by atoms with E-state index < -0.39 is 17.9 Å². The molecule has 5 heteroatoms. The van der Waals surface area contributed by atoms with Gasteiger partial charge in [0.1, 0.15) is 0 Å². The third-order valence-electron chi connectivity index (χ3n) is 2.69. The maximum absolute atomic E-state index is 10.6.